The fraction of sp³-hybridized carbons (Fsp3) is 0.938. The second kappa shape index (κ2) is 6.44. The van der Waals surface area contributed by atoms with E-state index >= 15 is 0 Å². The van der Waals surface area contributed by atoms with Crippen molar-refractivity contribution in [3.05, 3.63) is 0 Å². The molecule has 3 atom stereocenters. The molecule has 2 aliphatic heterocycles. The minimum absolute atomic E-state index is 0.0114. The summed E-state index contributed by atoms with van der Waals surface area (Å²) >= 11 is 0. The molecule has 1 N–H and O–H groups in total. The molecular weight excluding hydrogens is 254 g/mol. The number of hydrogen-bond acceptors (Lipinski definition) is 3. The molecule has 2 rings (SSSR count). The second-order valence-electron chi connectivity index (χ2n) is 7.23. The molecule has 4 nitrogen and oxygen atoms in total. The third-order valence-electron chi connectivity index (χ3n) is 4.98. The molecule has 0 spiro atoms. The van der Waals surface area contributed by atoms with E-state index in [1.54, 1.807) is 0 Å². The molecule has 3 unspecified atom stereocenters. The molecule has 20 heavy (non-hydrogen) atoms. The molecule has 0 bridgehead atoms. The van der Waals surface area contributed by atoms with Gasteiger partial charge in [0, 0.05) is 25.6 Å². The molecule has 0 aromatic rings. The topological polar surface area (TPSA) is 49.8 Å². The number of likely N-dealkylation sites (tertiary alicyclic amines) is 1. The summed E-state index contributed by atoms with van der Waals surface area (Å²) in [6.07, 6.45) is 4.89. The van der Waals surface area contributed by atoms with Crippen LogP contribution in [0.2, 0.25) is 0 Å². The first-order valence-corrected chi connectivity index (χ1v) is 7.97. The first kappa shape index (κ1) is 15.8. The van der Waals surface area contributed by atoms with Gasteiger partial charge < -0.3 is 9.84 Å². The number of carboxylic acid groups (broad SMARTS) is 1. The Balaban J connectivity index is 1.91. The van der Waals surface area contributed by atoms with Gasteiger partial charge in [-0.1, -0.05) is 6.92 Å². The van der Waals surface area contributed by atoms with Crippen molar-refractivity contribution >= 4 is 5.97 Å². The van der Waals surface area contributed by atoms with E-state index in [1.807, 2.05) is 0 Å². The summed E-state index contributed by atoms with van der Waals surface area (Å²) in [6.45, 7) is 9.52. The standard InChI is InChI=1S/C16H29NO3/c1-12(9-15(18)19)13-5-4-7-17(11-13)14-6-8-20-16(2,3)10-14/h12-14H,4-11H2,1-3H3,(H,18,19). The SMILES string of the molecule is CC(CC(=O)O)C1CCCN(C2CCOC(C)(C)C2)C1. The zero-order chi connectivity index (χ0) is 14.8. The van der Waals surface area contributed by atoms with Gasteiger partial charge in [0.05, 0.1) is 5.60 Å². The highest BCUT2D eigenvalue weighted by atomic mass is 16.5. The first-order chi connectivity index (χ1) is 9.37. The minimum atomic E-state index is -0.665. The van der Waals surface area contributed by atoms with Crippen LogP contribution < -0.4 is 0 Å². The van der Waals surface area contributed by atoms with E-state index in [0.29, 0.717) is 18.4 Å². The second-order valence-corrected chi connectivity index (χ2v) is 7.23. The van der Waals surface area contributed by atoms with E-state index in [-0.39, 0.29) is 11.5 Å². The smallest absolute Gasteiger partial charge is 0.303 e. The molecule has 2 fully saturated rings. The van der Waals surface area contributed by atoms with Crippen molar-refractivity contribution in [2.75, 3.05) is 19.7 Å². The molecule has 0 aliphatic carbocycles. The van der Waals surface area contributed by atoms with Crippen molar-refractivity contribution in [1.82, 2.24) is 4.90 Å². The van der Waals surface area contributed by atoms with Gasteiger partial charge in [-0.25, -0.2) is 0 Å². The Bertz CT molecular complexity index is 343. The van der Waals surface area contributed by atoms with Crippen LogP contribution in [0.1, 0.15) is 52.9 Å². The molecule has 0 radical (unpaired) electrons. The van der Waals surface area contributed by atoms with Crippen LogP contribution in [0.15, 0.2) is 0 Å². The fourth-order valence-corrected chi connectivity index (χ4v) is 3.79. The third kappa shape index (κ3) is 4.19. The molecule has 2 aliphatic rings. The van der Waals surface area contributed by atoms with Crippen LogP contribution in [0.3, 0.4) is 0 Å². The number of carboxylic acids is 1. The lowest BCUT2D eigenvalue weighted by Gasteiger charge is -2.45. The van der Waals surface area contributed by atoms with Crippen LogP contribution in [0.5, 0.6) is 0 Å². The van der Waals surface area contributed by atoms with Crippen molar-refractivity contribution in [2.45, 2.75) is 64.5 Å². The van der Waals surface area contributed by atoms with Crippen molar-refractivity contribution in [3.63, 3.8) is 0 Å². The molecule has 2 heterocycles. The van der Waals surface area contributed by atoms with Crippen LogP contribution in [0.25, 0.3) is 0 Å². The third-order valence-corrected chi connectivity index (χ3v) is 4.98. The lowest BCUT2D eigenvalue weighted by molar-refractivity contribution is -0.138. The van der Waals surface area contributed by atoms with Gasteiger partial charge in [0.25, 0.3) is 0 Å². The summed E-state index contributed by atoms with van der Waals surface area (Å²) < 4.78 is 5.81. The quantitative estimate of drug-likeness (QED) is 0.862. The van der Waals surface area contributed by atoms with Gasteiger partial charge in [-0.3, -0.25) is 9.69 Å². The summed E-state index contributed by atoms with van der Waals surface area (Å²) in [4.78, 5) is 13.5. The molecule has 0 amide bonds. The summed E-state index contributed by atoms with van der Waals surface area (Å²) in [5.74, 6) is 0.149. The van der Waals surface area contributed by atoms with Crippen molar-refractivity contribution in [1.29, 1.82) is 0 Å². The Morgan fingerprint density at radius 2 is 2.20 bits per heavy atom. The fourth-order valence-electron chi connectivity index (χ4n) is 3.79. The average molecular weight is 283 g/mol. The van der Waals surface area contributed by atoms with E-state index < -0.39 is 5.97 Å². The van der Waals surface area contributed by atoms with E-state index in [1.165, 1.54) is 12.8 Å². The summed E-state index contributed by atoms with van der Waals surface area (Å²) in [5, 5.41) is 8.97. The highest BCUT2D eigenvalue weighted by Crippen LogP contribution is 2.32. The van der Waals surface area contributed by atoms with E-state index in [2.05, 4.69) is 25.7 Å². The van der Waals surface area contributed by atoms with Gasteiger partial charge in [0.1, 0.15) is 0 Å². The van der Waals surface area contributed by atoms with Gasteiger partial charge in [-0.05, 0) is 57.9 Å². The van der Waals surface area contributed by atoms with E-state index in [4.69, 9.17) is 9.84 Å². The molecule has 2 saturated heterocycles. The highest BCUT2D eigenvalue weighted by molar-refractivity contribution is 5.67. The lowest BCUT2D eigenvalue weighted by Crippen LogP contribution is -2.50. The van der Waals surface area contributed by atoms with Gasteiger partial charge in [-0.15, -0.1) is 0 Å². The number of carbonyl (C=O) groups is 1. The number of rotatable bonds is 4. The molecule has 0 aromatic heterocycles. The molecule has 4 heteroatoms. The Kier molecular flexibility index (Phi) is 5.08. The average Bonchev–Trinajstić information content (AvgIpc) is 2.37. The van der Waals surface area contributed by atoms with Crippen LogP contribution >= 0.6 is 0 Å². The zero-order valence-corrected chi connectivity index (χ0v) is 13.1. The highest BCUT2D eigenvalue weighted by Gasteiger charge is 2.35. The Labute approximate surface area is 122 Å². The van der Waals surface area contributed by atoms with Crippen molar-refractivity contribution < 1.29 is 14.6 Å². The Hall–Kier alpha value is -0.610. The van der Waals surface area contributed by atoms with Crippen molar-refractivity contribution in [2.24, 2.45) is 11.8 Å². The number of ether oxygens (including phenoxy) is 1. The Morgan fingerprint density at radius 3 is 2.85 bits per heavy atom. The van der Waals surface area contributed by atoms with Crippen LogP contribution in [0.4, 0.5) is 0 Å². The predicted octanol–water partition coefficient (Wildman–Crippen LogP) is 2.77. The minimum Gasteiger partial charge on any atom is -0.481 e. The number of piperidine rings is 1. The Morgan fingerprint density at radius 1 is 1.45 bits per heavy atom. The maximum absolute atomic E-state index is 10.9. The van der Waals surface area contributed by atoms with Crippen LogP contribution in [0, 0.1) is 11.8 Å². The molecule has 0 aromatic carbocycles. The lowest BCUT2D eigenvalue weighted by atomic mass is 9.83. The normalized spacial score (nSPS) is 32.8. The summed E-state index contributed by atoms with van der Waals surface area (Å²) in [7, 11) is 0. The van der Waals surface area contributed by atoms with Gasteiger partial charge in [0.2, 0.25) is 0 Å². The molecule has 0 saturated carbocycles. The molecule has 116 valence electrons. The van der Waals surface area contributed by atoms with E-state index in [9.17, 15) is 4.79 Å². The number of aliphatic carboxylic acids is 1. The maximum Gasteiger partial charge on any atom is 0.303 e. The van der Waals surface area contributed by atoms with Gasteiger partial charge in [0.15, 0.2) is 0 Å². The largest absolute Gasteiger partial charge is 0.481 e. The first-order valence-electron chi connectivity index (χ1n) is 7.97. The van der Waals surface area contributed by atoms with E-state index in [0.717, 1.165) is 32.5 Å². The number of hydrogen-bond donors (Lipinski definition) is 1. The maximum atomic E-state index is 10.9. The van der Waals surface area contributed by atoms with Crippen LogP contribution in [-0.2, 0) is 9.53 Å². The van der Waals surface area contributed by atoms with Gasteiger partial charge in [-0.2, -0.15) is 0 Å². The van der Waals surface area contributed by atoms with Gasteiger partial charge >= 0.3 is 5.97 Å². The number of nitrogens with zero attached hydrogens (tertiary/aromatic N) is 1. The van der Waals surface area contributed by atoms with Crippen LogP contribution in [-0.4, -0.2) is 47.3 Å². The predicted molar refractivity (Wildman–Crippen MR) is 78.8 cm³/mol. The zero-order valence-electron chi connectivity index (χ0n) is 13.1. The summed E-state index contributed by atoms with van der Waals surface area (Å²) in [6, 6.07) is 0.610. The van der Waals surface area contributed by atoms with Crippen molar-refractivity contribution in [3.8, 4) is 0 Å². The molecular formula is C16H29NO3. The summed E-state index contributed by atoms with van der Waals surface area (Å²) in [5.41, 5.74) is -0.0114. The monoisotopic (exact) mass is 283 g/mol.